The lowest BCUT2D eigenvalue weighted by Gasteiger charge is -1.98. The van der Waals surface area contributed by atoms with Crippen molar-refractivity contribution in [1.29, 1.82) is 0 Å². The Balaban J connectivity index is 2.81. The summed E-state index contributed by atoms with van der Waals surface area (Å²) in [6, 6.07) is 9.22. The summed E-state index contributed by atoms with van der Waals surface area (Å²) in [5.74, 6) is 0.0347. The lowest BCUT2D eigenvalue weighted by molar-refractivity contribution is 0.104. The lowest BCUT2D eigenvalue weighted by atomic mass is 10.1. The van der Waals surface area contributed by atoms with E-state index in [0.717, 1.165) is 11.3 Å². The molecule has 0 atom stereocenters. The Morgan fingerprint density at radius 3 is 2.46 bits per heavy atom. The van der Waals surface area contributed by atoms with E-state index in [4.69, 9.17) is 0 Å². The Kier molecular flexibility index (Phi) is 3.26. The van der Waals surface area contributed by atoms with Gasteiger partial charge < -0.3 is 5.32 Å². The zero-order valence-corrected chi connectivity index (χ0v) is 7.87. The van der Waals surface area contributed by atoms with E-state index in [0.29, 0.717) is 0 Å². The average molecular weight is 175 g/mol. The first-order valence-electron chi connectivity index (χ1n) is 4.19. The molecule has 0 aliphatic carbocycles. The highest BCUT2D eigenvalue weighted by molar-refractivity contribution is 6.04. The molecule has 2 heteroatoms. The number of allylic oxidation sites excluding steroid dienone is 2. The SMILES string of the molecule is CN/C(C)=C/C(=O)c1ccccc1. The van der Waals surface area contributed by atoms with E-state index in [-0.39, 0.29) is 5.78 Å². The van der Waals surface area contributed by atoms with Gasteiger partial charge in [0.2, 0.25) is 0 Å². The fourth-order valence-electron chi connectivity index (χ4n) is 0.955. The topological polar surface area (TPSA) is 29.1 Å². The number of hydrogen-bond acceptors (Lipinski definition) is 2. The number of carbonyl (C=O) groups excluding carboxylic acids is 1. The van der Waals surface area contributed by atoms with Crippen molar-refractivity contribution < 1.29 is 4.79 Å². The minimum Gasteiger partial charge on any atom is -0.392 e. The third-order valence-electron chi connectivity index (χ3n) is 1.80. The molecule has 13 heavy (non-hydrogen) atoms. The third-order valence-corrected chi connectivity index (χ3v) is 1.80. The summed E-state index contributed by atoms with van der Waals surface area (Å²) in [5.41, 5.74) is 1.59. The largest absolute Gasteiger partial charge is 0.392 e. The number of ketones is 1. The van der Waals surface area contributed by atoms with Crippen LogP contribution in [0.25, 0.3) is 0 Å². The van der Waals surface area contributed by atoms with Crippen molar-refractivity contribution in [3.05, 3.63) is 47.7 Å². The van der Waals surface area contributed by atoms with Crippen LogP contribution in [0.5, 0.6) is 0 Å². The van der Waals surface area contributed by atoms with Gasteiger partial charge in [0.15, 0.2) is 5.78 Å². The lowest BCUT2D eigenvalue weighted by Crippen LogP contribution is -2.05. The molecule has 2 nitrogen and oxygen atoms in total. The molecule has 0 fully saturated rings. The minimum atomic E-state index is 0.0347. The highest BCUT2D eigenvalue weighted by atomic mass is 16.1. The summed E-state index contributed by atoms with van der Waals surface area (Å²) < 4.78 is 0. The van der Waals surface area contributed by atoms with E-state index < -0.39 is 0 Å². The quantitative estimate of drug-likeness (QED) is 0.562. The van der Waals surface area contributed by atoms with Gasteiger partial charge in [-0.2, -0.15) is 0 Å². The first-order chi connectivity index (χ1) is 6.24. The molecular formula is C11H13NO. The van der Waals surface area contributed by atoms with E-state index in [9.17, 15) is 4.79 Å². The second-order valence-corrected chi connectivity index (χ2v) is 2.81. The fourth-order valence-corrected chi connectivity index (χ4v) is 0.955. The van der Waals surface area contributed by atoms with Crippen molar-refractivity contribution in [3.8, 4) is 0 Å². The van der Waals surface area contributed by atoms with E-state index in [1.165, 1.54) is 0 Å². The van der Waals surface area contributed by atoms with Gasteiger partial charge in [0, 0.05) is 24.4 Å². The summed E-state index contributed by atoms with van der Waals surface area (Å²) in [6.07, 6.45) is 1.59. The smallest absolute Gasteiger partial charge is 0.187 e. The fraction of sp³-hybridized carbons (Fsp3) is 0.182. The molecule has 0 heterocycles. The molecule has 1 N–H and O–H groups in total. The van der Waals surface area contributed by atoms with Crippen LogP contribution >= 0.6 is 0 Å². The highest BCUT2D eigenvalue weighted by Crippen LogP contribution is 2.01. The van der Waals surface area contributed by atoms with Gasteiger partial charge in [-0.25, -0.2) is 0 Å². The van der Waals surface area contributed by atoms with Gasteiger partial charge in [0.05, 0.1) is 0 Å². The zero-order valence-electron chi connectivity index (χ0n) is 7.87. The molecule has 0 aliphatic heterocycles. The molecule has 0 spiro atoms. The standard InChI is InChI=1S/C11H13NO/c1-9(12-2)8-11(13)10-6-4-3-5-7-10/h3-8,12H,1-2H3/b9-8+. The zero-order chi connectivity index (χ0) is 9.68. The normalized spacial score (nSPS) is 11.1. The van der Waals surface area contributed by atoms with E-state index in [1.807, 2.05) is 37.3 Å². The van der Waals surface area contributed by atoms with Crippen LogP contribution in [0.15, 0.2) is 42.1 Å². The molecule has 0 aromatic heterocycles. The second kappa shape index (κ2) is 4.45. The summed E-state index contributed by atoms with van der Waals surface area (Å²) in [4.78, 5) is 11.5. The van der Waals surface area contributed by atoms with Gasteiger partial charge >= 0.3 is 0 Å². The summed E-state index contributed by atoms with van der Waals surface area (Å²) >= 11 is 0. The molecular weight excluding hydrogens is 162 g/mol. The first kappa shape index (κ1) is 9.52. The molecule has 0 saturated carbocycles. The Bertz CT molecular complexity index is 314. The molecule has 68 valence electrons. The molecule has 0 bridgehead atoms. The minimum absolute atomic E-state index is 0.0347. The van der Waals surface area contributed by atoms with E-state index >= 15 is 0 Å². The van der Waals surface area contributed by atoms with Crippen LogP contribution in [0.2, 0.25) is 0 Å². The van der Waals surface area contributed by atoms with Crippen LogP contribution < -0.4 is 5.32 Å². The van der Waals surface area contributed by atoms with Gasteiger partial charge in [0.25, 0.3) is 0 Å². The number of nitrogens with one attached hydrogen (secondary N) is 1. The van der Waals surface area contributed by atoms with Crippen LogP contribution in [0.3, 0.4) is 0 Å². The number of rotatable bonds is 3. The predicted molar refractivity (Wildman–Crippen MR) is 53.6 cm³/mol. The Morgan fingerprint density at radius 1 is 1.31 bits per heavy atom. The predicted octanol–water partition coefficient (Wildman–Crippen LogP) is 1.99. The molecule has 0 radical (unpaired) electrons. The third kappa shape index (κ3) is 2.75. The van der Waals surface area contributed by atoms with Gasteiger partial charge in [-0.15, -0.1) is 0 Å². The van der Waals surface area contributed by atoms with Crippen molar-refractivity contribution >= 4 is 5.78 Å². The Hall–Kier alpha value is -1.57. The van der Waals surface area contributed by atoms with Crippen LogP contribution in [0.1, 0.15) is 17.3 Å². The van der Waals surface area contributed by atoms with Crippen molar-refractivity contribution in [2.45, 2.75) is 6.92 Å². The molecule has 0 aliphatic rings. The van der Waals surface area contributed by atoms with E-state index in [1.54, 1.807) is 13.1 Å². The monoisotopic (exact) mass is 175 g/mol. The maximum Gasteiger partial charge on any atom is 0.187 e. The molecule has 0 amide bonds. The van der Waals surface area contributed by atoms with Gasteiger partial charge in [-0.3, -0.25) is 4.79 Å². The summed E-state index contributed by atoms with van der Waals surface area (Å²) in [6.45, 7) is 1.86. The number of hydrogen-bond donors (Lipinski definition) is 1. The second-order valence-electron chi connectivity index (χ2n) is 2.81. The van der Waals surface area contributed by atoms with Crippen molar-refractivity contribution in [1.82, 2.24) is 5.32 Å². The van der Waals surface area contributed by atoms with Gasteiger partial charge in [-0.1, -0.05) is 30.3 Å². The molecule has 1 rings (SSSR count). The summed E-state index contributed by atoms with van der Waals surface area (Å²) in [5, 5.41) is 2.91. The van der Waals surface area contributed by atoms with Crippen molar-refractivity contribution in [3.63, 3.8) is 0 Å². The first-order valence-corrected chi connectivity index (χ1v) is 4.19. The molecule has 1 aromatic rings. The van der Waals surface area contributed by atoms with Gasteiger partial charge in [-0.05, 0) is 6.92 Å². The summed E-state index contributed by atoms with van der Waals surface area (Å²) in [7, 11) is 1.80. The Morgan fingerprint density at radius 2 is 1.92 bits per heavy atom. The maximum atomic E-state index is 11.5. The van der Waals surface area contributed by atoms with Gasteiger partial charge in [0.1, 0.15) is 0 Å². The van der Waals surface area contributed by atoms with E-state index in [2.05, 4.69) is 5.32 Å². The number of benzene rings is 1. The molecule has 0 unspecified atom stereocenters. The highest BCUT2D eigenvalue weighted by Gasteiger charge is 2.00. The molecule has 0 saturated heterocycles. The van der Waals surface area contributed by atoms with Crippen LogP contribution in [0.4, 0.5) is 0 Å². The average Bonchev–Trinajstić information content (AvgIpc) is 2.19. The van der Waals surface area contributed by atoms with Crippen LogP contribution in [-0.4, -0.2) is 12.8 Å². The number of carbonyl (C=O) groups is 1. The van der Waals surface area contributed by atoms with Crippen LogP contribution in [-0.2, 0) is 0 Å². The van der Waals surface area contributed by atoms with Crippen molar-refractivity contribution in [2.75, 3.05) is 7.05 Å². The molecule has 1 aromatic carbocycles. The Labute approximate surface area is 78.3 Å². The van der Waals surface area contributed by atoms with Crippen molar-refractivity contribution in [2.24, 2.45) is 0 Å². The maximum absolute atomic E-state index is 11.5. The van der Waals surface area contributed by atoms with Crippen LogP contribution in [0, 0.1) is 0 Å².